The molecular weight excluding hydrogens is 188 g/mol. The summed E-state index contributed by atoms with van der Waals surface area (Å²) >= 11 is 0. The molecule has 0 radical (unpaired) electrons. The molecule has 2 nitrogen and oxygen atoms in total. The van der Waals surface area contributed by atoms with Gasteiger partial charge in [-0.1, -0.05) is 18.2 Å². The number of carboxylic acids is 1. The van der Waals surface area contributed by atoms with Gasteiger partial charge in [-0.3, -0.25) is 0 Å². The second kappa shape index (κ2) is 5.38. The molecule has 1 N–H and O–H groups in total. The summed E-state index contributed by atoms with van der Waals surface area (Å²) in [5, 5.41) is 8.59. The maximum absolute atomic E-state index is 10.4. The molecule has 0 aromatic heterocycles. The SMILES string of the molecule is C=CCc1ccc(C(=O)O)cc1.Cl. The lowest BCUT2D eigenvalue weighted by atomic mass is 10.1. The van der Waals surface area contributed by atoms with Gasteiger partial charge in [-0.25, -0.2) is 4.79 Å². The molecule has 1 rings (SSSR count). The van der Waals surface area contributed by atoms with E-state index in [1.54, 1.807) is 30.3 Å². The Morgan fingerprint density at radius 2 is 1.92 bits per heavy atom. The second-order valence-corrected chi connectivity index (χ2v) is 2.49. The Balaban J connectivity index is 0.00000144. The third kappa shape index (κ3) is 3.30. The first-order chi connectivity index (χ1) is 5.74. The summed E-state index contributed by atoms with van der Waals surface area (Å²) in [6.07, 6.45) is 2.57. The summed E-state index contributed by atoms with van der Waals surface area (Å²) in [7, 11) is 0. The summed E-state index contributed by atoms with van der Waals surface area (Å²) in [6.45, 7) is 3.60. The highest BCUT2D eigenvalue weighted by atomic mass is 35.5. The highest BCUT2D eigenvalue weighted by molar-refractivity contribution is 5.87. The number of halogens is 1. The highest BCUT2D eigenvalue weighted by Crippen LogP contribution is 2.04. The van der Waals surface area contributed by atoms with E-state index < -0.39 is 5.97 Å². The smallest absolute Gasteiger partial charge is 0.335 e. The van der Waals surface area contributed by atoms with Crippen molar-refractivity contribution in [2.75, 3.05) is 0 Å². The molecule has 3 heteroatoms. The molecule has 0 atom stereocenters. The fourth-order valence-corrected chi connectivity index (χ4v) is 0.950. The maximum Gasteiger partial charge on any atom is 0.335 e. The van der Waals surface area contributed by atoms with Gasteiger partial charge in [-0.2, -0.15) is 0 Å². The van der Waals surface area contributed by atoms with Crippen LogP contribution in [0, 0.1) is 0 Å². The summed E-state index contributed by atoms with van der Waals surface area (Å²) < 4.78 is 0. The number of rotatable bonds is 3. The predicted octanol–water partition coefficient (Wildman–Crippen LogP) is 2.54. The zero-order chi connectivity index (χ0) is 8.97. The van der Waals surface area contributed by atoms with E-state index in [0.29, 0.717) is 5.56 Å². The standard InChI is InChI=1S/C10H10O2.ClH/c1-2-3-8-4-6-9(7-5-8)10(11)12;/h2,4-7H,1,3H2,(H,11,12);1H. The normalized spacial score (nSPS) is 8.62. The molecule has 13 heavy (non-hydrogen) atoms. The van der Waals surface area contributed by atoms with Crippen LogP contribution in [-0.2, 0) is 6.42 Å². The Hall–Kier alpha value is -1.28. The zero-order valence-corrected chi connectivity index (χ0v) is 7.88. The van der Waals surface area contributed by atoms with Crippen molar-refractivity contribution < 1.29 is 9.90 Å². The first-order valence-electron chi connectivity index (χ1n) is 3.67. The third-order valence-electron chi connectivity index (χ3n) is 1.58. The van der Waals surface area contributed by atoms with Crippen LogP contribution in [0.4, 0.5) is 0 Å². The van der Waals surface area contributed by atoms with Crippen LogP contribution >= 0.6 is 12.4 Å². The van der Waals surface area contributed by atoms with Gasteiger partial charge in [0.25, 0.3) is 0 Å². The summed E-state index contributed by atoms with van der Waals surface area (Å²) in [4.78, 5) is 10.4. The molecule has 0 saturated carbocycles. The van der Waals surface area contributed by atoms with Gasteiger partial charge in [0.15, 0.2) is 0 Å². The van der Waals surface area contributed by atoms with Gasteiger partial charge in [0.05, 0.1) is 5.56 Å². The van der Waals surface area contributed by atoms with Gasteiger partial charge in [-0.15, -0.1) is 19.0 Å². The van der Waals surface area contributed by atoms with Crippen LogP contribution in [0.15, 0.2) is 36.9 Å². The highest BCUT2D eigenvalue weighted by Gasteiger charge is 1.99. The molecule has 0 saturated heterocycles. The average molecular weight is 199 g/mol. The van der Waals surface area contributed by atoms with Crippen molar-refractivity contribution >= 4 is 18.4 Å². The maximum atomic E-state index is 10.4. The van der Waals surface area contributed by atoms with Crippen LogP contribution in [0.2, 0.25) is 0 Å². The molecule has 0 heterocycles. The predicted molar refractivity (Wildman–Crippen MR) is 54.6 cm³/mol. The summed E-state index contributed by atoms with van der Waals surface area (Å²) in [6, 6.07) is 6.79. The number of aromatic carboxylic acids is 1. The zero-order valence-electron chi connectivity index (χ0n) is 7.06. The monoisotopic (exact) mass is 198 g/mol. The average Bonchev–Trinajstić information content (AvgIpc) is 2.06. The quantitative estimate of drug-likeness (QED) is 0.758. The van der Waals surface area contributed by atoms with Crippen molar-refractivity contribution in [3.63, 3.8) is 0 Å². The van der Waals surface area contributed by atoms with E-state index in [-0.39, 0.29) is 12.4 Å². The fraction of sp³-hybridized carbons (Fsp3) is 0.100. The van der Waals surface area contributed by atoms with Gasteiger partial charge in [0, 0.05) is 0 Å². The van der Waals surface area contributed by atoms with Crippen molar-refractivity contribution in [1.29, 1.82) is 0 Å². The molecule has 0 spiro atoms. The van der Waals surface area contributed by atoms with Crippen LogP contribution in [-0.4, -0.2) is 11.1 Å². The number of carboxylic acid groups (broad SMARTS) is 1. The number of carbonyl (C=O) groups is 1. The Labute approximate surface area is 83.3 Å². The van der Waals surface area contributed by atoms with Crippen molar-refractivity contribution in [3.05, 3.63) is 48.0 Å². The number of hydrogen-bond donors (Lipinski definition) is 1. The first kappa shape index (κ1) is 11.7. The van der Waals surface area contributed by atoms with Gasteiger partial charge in [0.2, 0.25) is 0 Å². The van der Waals surface area contributed by atoms with Gasteiger partial charge < -0.3 is 5.11 Å². The Bertz CT molecular complexity index is 290. The molecule has 0 unspecified atom stereocenters. The van der Waals surface area contributed by atoms with E-state index in [1.807, 2.05) is 0 Å². The topological polar surface area (TPSA) is 37.3 Å². The Kier molecular flexibility index (Phi) is 4.85. The molecule has 0 amide bonds. The van der Waals surface area contributed by atoms with Crippen molar-refractivity contribution in [2.45, 2.75) is 6.42 Å². The largest absolute Gasteiger partial charge is 0.478 e. The van der Waals surface area contributed by atoms with Crippen molar-refractivity contribution in [3.8, 4) is 0 Å². The van der Waals surface area contributed by atoms with E-state index in [2.05, 4.69) is 6.58 Å². The van der Waals surface area contributed by atoms with Gasteiger partial charge in [-0.05, 0) is 24.1 Å². The number of hydrogen-bond acceptors (Lipinski definition) is 1. The number of benzene rings is 1. The molecule has 0 bridgehead atoms. The van der Waals surface area contributed by atoms with Crippen molar-refractivity contribution in [2.24, 2.45) is 0 Å². The Morgan fingerprint density at radius 3 is 2.31 bits per heavy atom. The minimum Gasteiger partial charge on any atom is -0.478 e. The van der Waals surface area contributed by atoms with Gasteiger partial charge in [0.1, 0.15) is 0 Å². The molecule has 70 valence electrons. The fourth-order valence-electron chi connectivity index (χ4n) is 0.950. The van der Waals surface area contributed by atoms with E-state index >= 15 is 0 Å². The molecule has 0 aliphatic rings. The summed E-state index contributed by atoms with van der Waals surface area (Å²) in [5.41, 5.74) is 1.40. The van der Waals surface area contributed by atoms with Gasteiger partial charge >= 0.3 is 5.97 Å². The van der Waals surface area contributed by atoms with Crippen LogP contribution in [0.25, 0.3) is 0 Å². The van der Waals surface area contributed by atoms with Crippen LogP contribution < -0.4 is 0 Å². The minimum atomic E-state index is -0.889. The van der Waals surface area contributed by atoms with E-state index in [4.69, 9.17) is 5.11 Å². The van der Waals surface area contributed by atoms with E-state index in [9.17, 15) is 4.79 Å². The van der Waals surface area contributed by atoms with E-state index in [0.717, 1.165) is 12.0 Å². The summed E-state index contributed by atoms with van der Waals surface area (Å²) in [5.74, 6) is -0.889. The third-order valence-corrected chi connectivity index (χ3v) is 1.58. The molecule has 0 fully saturated rings. The van der Waals surface area contributed by atoms with Crippen molar-refractivity contribution in [1.82, 2.24) is 0 Å². The first-order valence-corrected chi connectivity index (χ1v) is 3.67. The van der Waals surface area contributed by atoms with Crippen LogP contribution in [0.5, 0.6) is 0 Å². The minimum absolute atomic E-state index is 0. The molecular formula is C10H11ClO2. The lowest BCUT2D eigenvalue weighted by Gasteiger charge is -1.96. The Morgan fingerprint density at radius 1 is 1.38 bits per heavy atom. The lowest BCUT2D eigenvalue weighted by Crippen LogP contribution is -1.95. The van der Waals surface area contributed by atoms with E-state index in [1.165, 1.54) is 0 Å². The molecule has 1 aromatic rings. The lowest BCUT2D eigenvalue weighted by molar-refractivity contribution is 0.0697. The molecule has 1 aromatic carbocycles. The van der Waals surface area contributed by atoms with Crippen LogP contribution in [0.1, 0.15) is 15.9 Å². The second-order valence-electron chi connectivity index (χ2n) is 2.49. The molecule has 0 aliphatic heterocycles. The van der Waals surface area contributed by atoms with Crippen LogP contribution in [0.3, 0.4) is 0 Å². The number of allylic oxidation sites excluding steroid dienone is 1. The molecule has 0 aliphatic carbocycles.